The van der Waals surface area contributed by atoms with Gasteiger partial charge in [0.2, 0.25) is 0 Å². The van der Waals surface area contributed by atoms with Crippen molar-refractivity contribution in [1.82, 2.24) is 4.90 Å². The quantitative estimate of drug-likeness (QED) is 0.663. The van der Waals surface area contributed by atoms with Gasteiger partial charge in [-0.3, -0.25) is 14.9 Å². The number of nitrogens with one attached hydrogen (secondary N) is 1. The number of amides is 1. The minimum atomic E-state index is -0.405. The van der Waals surface area contributed by atoms with Crippen molar-refractivity contribution in [2.75, 3.05) is 11.9 Å². The molecule has 0 radical (unpaired) electrons. The third kappa shape index (κ3) is 3.38. The van der Waals surface area contributed by atoms with E-state index in [2.05, 4.69) is 5.32 Å². The molecule has 0 aliphatic carbocycles. The summed E-state index contributed by atoms with van der Waals surface area (Å²) in [7, 11) is 0. The molecule has 1 N–H and O–H groups in total. The Hall–Kier alpha value is -3.15. The number of rotatable bonds is 5. The Morgan fingerprint density at radius 3 is 2.68 bits per heavy atom. The molecular weight excluding hydrogens is 318 g/mol. The zero-order valence-corrected chi connectivity index (χ0v) is 13.9. The van der Waals surface area contributed by atoms with Crippen molar-refractivity contribution in [2.45, 2.75) is 19.5 Å². The zero-order valence-electron chi connectivity index (χ0n) is 13.9. The van der Waals surface area contributed by atoms with Gasteiger partial charge in [0.25, 0.3) is 11.6 Å². The van der Waals surface area contributed by atoms with E-state index in [0.717, 1.165) is 12.1 Å². The molecule has 1 aliphatic heterocycles. The largest absolute Gasteiger partial charge is 0.361 e. The molecule has 0 bridgehead atoms. The van der Waals surface area contributed by atoms with Gasteiger partial charge in [0.15, 0.2) is 0 Å². The Kier molecular flexibility index (Phi) is 4.79. The van der Waals surface area contributed by atoms with E-state index in [1.54, 1.807) is 41.3 Å². The second-order valence-electron chi connectivity index (χ2n) is 5.81. The summed E-state index contributed by atoms with van der Waals surface area (Å²) in [5.74, 6) is -0.0339. The van der Waals surface area contributed by atoms with E-state index in [-0.39, 0.29) is 17.8 Å². The highest BCUT2D eigenvalue weighted by Crippen LogP contribution is 2.27. The van der Waals surface area contributed by atoms with Crippen LogP contribution in [-0.2, 0) is 0 Å². The molecule has 2 aromatic rings. The van der Waals surface area contributed by atoms with Crippen LogP contribution in [-0.4, -0.2) is 28.4 Å². The van der Waals surface area contributed by atoms with Crippen molar-refractivity contribution in [1.29, 1.82) is 0 Å². The molecule has 0 saturated carbocycles. The third-order valence-electron chi connectivity index (χ3n) is 4.11. The average molecular weight is 337 g/mol. The van der Waals surface area contributed by atoms with Gasteiger partial charge in [-0.1, -0.05) is 31.2 Å². The maximum Gasteiger partial charge on any atom is 0.276 e. The normalized spacial score (nSPS) is 16.6. The van der Waals surface area contributed by atoms with Crippen LogP contribution in [0.1, 0.15) is 29.3 Å². The van der Waals surface area contributed by atoms with Crippen LogP contribution < -0.4 is 5.32 Å². The summed E-state index contributed by atoms with van der Waals surface area (Å²) in [5, 5.41) is 14.5. The van der Waals surface area contributed by atoms with Gasteiger partial charge in [0.1, 0.15) is 6.17 Å². The first kappa shape index (κ1) is 16.7. The molecule has 1 aliphatic rings. The maximum atomic E-state index is 12.7. The number of fused-ring (bicyclic) bond motifs is 1. The summed E-state index contributed by atoms with van der Waals surface area (Å²) in [5.41, 5.74) is 1.98. The van der Waals surface area contributed by atoms with Gasteiger partial charge in [-0.15, -0.1) is 0 Å². The summed E-state index contributed by atoms with van der Waals surface area (Å²) in [6.07, 6.45) is 3.97. The van der Waals surface area contributed by atoms with Gasteiger partial charge >= 0.3 is 0 Å². The summed E-state index contributed by atoms with van der Waals surface area (Å²) >= 11 is 0. The van der Waals surface area contributed by atoms with Crippen LogP contribution in [0.4, 0.5) is 11.4 Å². The minimum absolute atomic E-state index is 0.0339. The van der Waals surface area contributed by atoms with Crippen LogP contribution >= 0.6 is 0 Å². The highest BCUT2D eigenvalue weighted by atomic mass is 16.6. The summed E-state index contributed by atoms with van der Waals surface area (Å²) < 4.78 is 0. The van der Waals surface area contributed by atoms with Crippen LogP contribution in [0.2, 0.25) is 0 Å². The number of benzene rings is 2. The van der Waals surface area contributed by atoms with E-state index in [1.165, 1.54) is 6.07 Å². The number of hydrogen-bond donors (Lipinski definition) is 1. The molecule has 1 heterocycles. The zero-order chi connectivity index (χ0) is 17.8. The number of para-hydroxylation sites is 2. The van der Waals surface area contributed by atoms with E-state index in [1.807, 2.05) is 25.1 Å². The standard InChI is InChI=1S/C19H19N3O3/c1-2-13-21-18(20-16-9-5-4-8-15(16)19(21)23)12-11-14-7-3-6-10-17(14)22(24)25/h3-12,18,20H,2,13H2,1H3/b12-11+/t18-/m1/s1. The molecule has 0 aromatic heterocycles. The predicted molar refractivity (Wildman–Crippen MR) is 97.3 cm³/mol. The fourth-order valence-electron chi connectivity index (χ4n) is 2.94. The number of nitro groups is 1. The predicted octanol–water partition coefficient (Wildman–Crippen LogP) is 3.91. The number of carbonyl (C=O) groups is 1. The first-order chi connectivity index (χ1) is 12.1. The van der Waals surface area contributed by atoms with Gasteiger partial charge < -0.3 is 10.2 Å². The molecule has 6 nitrogen and oxygen atoms in total. The van der Waals surface area contributed by atoms with Crippen molar-refractivity contribution >= 4 is 23.4 Å². The summed E-state index contributed by atoms with van der Waals surface area (Å²) in [4.78, 5) is 25.2. The number of nitrogens with zero attached hydrogens (tertiary/aromatic N) is 2. The van der Waals surface area contributed by atoms with Crippen LogP contribution in [0.5, 0.6) is 0 Å². The molecule has 1 amide bonds. The van der Waals surface area contributed by atoms with Crippen LogP contribution in [0.3, 0.4) is 0 Å². The highest BCUT2D eigenvalue weighted by molar-refractivity contribution is 6.01. The van der Waals surface area contributed by atoms with Crippen molar-refractivity contribution in [3.63, 3.8) is 0 Å². The number of anilines is 1. The summed E-state index contributed by atoms with van der Waals surface area (Å²) in [6.45, 7) is 2.61. The van der Waals surface area contributed by atoms with Crippen molar-refractivity contribution in [3.8, 4) is 0 Å². The topological polar surface area (TPSA) is 75.5 Å². The molecule has 0 spiro atoms. The lowest BCUT2D eigenvalue weighted by Gasteiger charge is -2.36. The van der Waals surface area contributed by atoms with Crippen LogP contribution in [0.25, 0.3) is 6.08 Å². The van der Waals surface area contributed by atoms with Gasteiger partial charge in [-0.25, -0.2) is 0 Å². The molecule has 25 heavy (non-hydrogen) atoms. The van der Waals surface area contributed by atoms with Crippen molar-refractivity contribution in [2.24, 2.45) is 0 Å². The van der Waals surface area contributed by atoms with Gasteiger partial charge in [0.05, 0.1) is 16.1 Å². The third-order valence-corrected chi connectivity index (χ3v) is 4.11. The minimum Gasteiger partial charge on any atom is -0.361 e. The van der Waals surface area contributed by atoms with E-state index < -0.39 is 4.92 Å². The Balaban J connectivity index is 1.93. The Labute approximate surface area is 145 Å². The van der Waals surface area contributed by atoms with Crippen molar-refractivity contribution in [3.05, 3.63) is 75.8 Å². The molecule has 2 aromatic carbocycles. The maximum absolute atomic E-state index is 12.7. The molecule has 0 saturated heterocycles. The Morgan fingerprint density at radius 2 is 1.92 bits per heavy atom. The molecule has 6 heteroatoms. The van der Waals surface area contributed by atoms with Gasteiger partial charge in [0, 0.05) is 18.3 Å². The van der Waals surface area contributed by atoms with Gasteiger partial charge in [-0.2, -0.15) is 0 Å². The van der Waals surface area contributed by atoms with Gasteiger partial charge in [-0.05, 0) is 36.8 Å². The lowest BCUT2D eigenvalue weighted by molar-refractivity contribution is -0.385. The van der Waals surface area contributed by atoms with Crippen LogP contribution in [0, 0.1) is 10.1 Å². The number of hydrogen-bond acceptors (Lipinski definition) is 4. The smallest absolute Gasteiger partial charge is 0.276 e. The van der Waals surface area contributed by atoms with E-state index >= 15 is 0 Å². The number of carbonyl (C=O) groups excluding carboxylic acids is 1. The fraction of sp³-hybridized carbons (Fsp3) is 0.211. The van der Waals surface area contributed by atoms with E-state index in [9.17, 15) is 14.9 Å². The SMILES string of the molecule is CCCN1C(=O)c2ccccc2N[C@H]1/C=C/c1ccccc1[N+](=O)[O-]. The Bertz CT molecular complexity index is 832. The molecule has 1 atom stereocenters. The fourth-order valence-corrected chi connectivity index (χ4v) is 2.94. The van der Waals surface area contributed by atoms with Crippen LogP contribution in [0.15, 0.2) is 54.6 Å². The Morgan fingerprint density at radius 1 is 1.20 bits per heavy atom. The monoisotopic (exact) mass is 337 g/mol. The molecule has 0 unspecified atom stereocenters. The average Bonchev–Trinajstić information content (AvgIpc) is 2.63. The van der Waals surface area contributed by atoms with E-state index in [0.29, 0.717) is 17.7 Å². The number of nitro benzene ring substituents is 1. The van der Waals surface area contributed by atoms with E-state index in [4.69, 9.17) is 0 Å². The lowest BCUT2D eigenvalue weighted by atomic mass is 10.1. The summed E-state index contributed by atoms with van der Waals surface area (Å²) in [6, 6.07) is 13.9. The molecule has 3 rings (SSSR count). The molecule has 128 valence electrons. The highest BCUT2D eigenvalue weighted by Gasteiger charge is 2.29. The van der Waals surface area contributed by atoms with Crippen molar-refractivity contribution < 1.29 is 9.72 Å². The lowest BCUT2D eigenvalue weighted by Crippen LogP contribution is -2.48. The first-order valence-corrected chi connectivity index (χ1v) is 8.20. The second-order valence-corrected chi connectivity index (χ2v) is 5.81. The second kappa shape index (κ2) is 7.17. The first-order valence-electron chi connectivity index (χ1n) is 8.20. The molecular formula is C19H19N3O3. The molecule has 0 fully saturated rings.